The molecule has 2 fully saturated rings. The molecule has 0 radical (unpaired) electrons. The van der Waals surface area contributed by atoms with Crippen molar-refractivity contribution in [3.8, 4) is 16.7 Å². The molecule has 1 N–H and O–H groups in total. The van der Waals surface area contributed by atoms with E-state index in [0.29, 0.717) is 24.4 Å². The standard InChI is InChI=1S/C22H23N3O4S/c26-14-21(27)25-13-15-11-16(25)12-24(15)9-10-28-17-5-7-18(8-6-17)29-22-23-19-3-1-2-4-20(19)30-22/h1-8,15-16,26H,9-14H2/t15-,16-/m0/s1. The van der Waals surface area contributed by atoms with Gasteiger partial charge in [-0.25, -0.2) is 4.98 Å². The lowest BCUT2D eigenvalue weighted by atomic mass is 10.2. The fourth-order valence-electron chi connectivity index (χ4n) is 4.30. The van der Waals surface area contributed by atoms with E-state index in [-0.39, 0.29) is 11.9 Å². The third kappa shape index (κ3) is 3.86. The number of nitrogens with zero attached hydrogens (tertiary/aromatic N) is 3. The molecule has 1 amide bonds. The van der Waals surface area contributed by atoms with Crippen LogP contribution >= 0.6 is 11.3 Å². The number of hydrogen-bond acceptors (Lipinski definition) is 7. The molecule has 30 heavy (non-hydrogen) atoms. The van der Waals surface area contributed by atoms with Crippen molar-refractivity contribution in [3.63, 3.8) is 0 Å². The van der Waals surface area contributed by atoms with E-state index in [2.05, 4.69) is 9.88 Å². The molecule has 2 saturated heterocycles. The van der Waals surface area contributed by atoms with Crippen LogP contribution in [0, 0.1) is 0 Å². The molecule has 2 bridgehead atoms. The Balaban J connectivity index is 1.10. The van der Waals surface area contributed by atoms with E-state index in [0.717, 1.165) is 41.2 Å². The smallest absolute Gasteiger partial charge is 0.279 e. The summed E-state index contributed by atoms with van der Waals surface area (Å²) < 4.78 is 12.9. The van der Waals surface area contributed by atoms with Crippen LogP contribution in [0.1, 0.15) is 6.42 Å². The van der Waals surface area contributed by atoms with Gasteiger partial charge in [-0.1, -0.05) is 23.5 Å². The number of carbonyl (C=O) groups excluding carboxylic acids is 1. The van der Waals surface area contributed by atoms with Crippen molar-refractivity contribution >= 4 is 27.5 Å². The molecule has 0 unspecified atom stereocenters. The van der Waals surface area contributed by atoms with E-state index in [4.69, 9.17) is 14.6 Å². The van der Waals surface area contributed by atoms with Gasteiger partial charge in [-0.3, -0.25) is 9.69 Å². The highest BCUT2D eigenvalue weighted by Crippen LogP contribution is 2.32. The van der Waals surface area contributed by atoms with Crippen molar-refractivity contribution in [1.82, 2.24) is 14.8 Å². The largest absolute Gasteiger partial charge is 0.492 e. The van der Waals surface area contributed by atoms with Gasteiger partial charge in [0.05, 0.1) is 10.2 Å². The lowest BCUT2D eigenvalue weighted by Gasteiger charge is -2.33. The molecule has 3 aromatic rings. The first-order valence-electron chi connectivity index (χ1n) is 10.1. The molecule has 3 heterocycles. The first-order valence-corrected chi connectivity index (χ1v) is 10.9. The van der Waals surface area contributed by atoms with Crippen LogP contribution in [-0.4, -0.2) is 70.7 Å². The van der Waals surface area contributed by atoms with Crippen LogP contribution in [0.25, 0.3) is 10.2 Å². The third-order valence-electron chi connectivity index (χ3n) is 5.76. The number of thiazole rings is 1. The average molecular weight is 426 g/mol. The minimum atomic E-state index is -0.398. The summed E-state index contributed by atoms with van der Waals surface area (Å²) in [6, 6.07) is 16.2. The monoisotopic (exact) mass is 425 g/mol. The first kappa shape index (κ1) is 19.3. The highest BCUT2D eigenvalue weighted by Gasteiger charge is 2.44. The highest BCUT2D eigenvalue weighted by atomic mass is 32.1. The zero-order valence-corrected chi connectivity index (χ0v) is 17.3. The number of fused-ring (bicyclic) bond motifs is 3. The van der Waals surface area contributed by atoms with Crippen molar-refractivity contribution in [3.05, 3.63) is 48.5 Å². The minimum Gasteiger partial charge on any atom is -0.492 e. The Hall–Kier alpha value is -2.68. The lowest BCUT2D eigenvalue weighted by Crippen LogP contribution is -2.50. The maximum absolute atomic E-state index is 11.7. The number of carbonyl (C=O) groups is 1. The van der Waals surface area contributed by atoms with Crippen LogP contribution in [-0.2, 0) is 4.79 Å². The van der Waals surface area contributed by atoms with Crippen molar-refractivity contribution in [2.24, 2.45) is 0 Å². The van der Waals surface area contributed by atoms with Gasteiger partial charge in [-0.15, -0.1) is 0 Å². The first-order chi connectivity index (χ1) is 14.7. The van der Waals surface area contributed by atoms with Crippen LogP contribution in [0.2, 0.25) is 0 Å². The van der Waals surface area contributed by atoms with E-state index in [9.17, 15) is 4.79 Å². The van der Waals surface area contributed by atoms with Crippen molar-refractivity contribution in [2.45, 2.75) is 18.5 Å². The van der Waals surface area contributed by atoms with Gasteiger partial charge in [0.25, 0.3) is 5.19 Å². The third-order valence-corrected chi connectivity index (χ3v) is 6.67. The van der Waals surface area contributed by atoms with Crippen LogP contribution < -0.4 is 9.47 Å². The molecule has 0 saturated carbocycles. The van der Waals surface area contributed by atoms with Crippen molar-refractivity contribution in [2.75, 3.05) is 32.8 Å². The van der Waals surface area contributed by atoms with Crippen molar-refractivity contribution in [1.29, 1.82) is 0 Å². The summed E-state index contributed by atoms with van der Waals surface area (Å²) in [5.74, 6) is 1.37. The number of ether oxygens (including phenoxy) is 2. The zero-order valence-electron chi connectivity index (χ0n) is 16.4. The maximum atomic E-state index is 11.7. The van der Waals surface area contributed by atoms with Gasteiger partial charge in [0.1, 0.15) is 24.7 Å². The number of benzene rings is 2. The summed E-state index contributed by atoms with van der Waals surface area (Å²) >= 11 is 1.52. The van der Waals surface area contributed by atoms with Gasteiger partial charge >= 0.3 is 0 Å². The van der Waals surface area contributed by atoms with Gasteiger partial charge in [0.2, 0.25) is 5.91 Å². The molecule has 0 spiro atoms. The normalized spacial score (nSPS) is 20.8. The second kappa shape index (κ2) is 8.22. The molecule has 2 atom stereocenters. The summed E-state index contributed by atoms with van der Waals surface area (Å²) in [7, 11) is 0. The molecular formula is C22H23N3O4S. The molecule has 0 aliphatic carbocycles. The molecular weight excluding hydrogens is 402 g/mol. The van der Waals surface area contributed by atoms with Crippen LogP contribution in [0.5, 0.6) is 16.7 Å². The number of amides is 1. The van der Waals surface area contributed by atoms with E-state index < -0.39 is 6.61 Å². The summed E-state index contributed by atoms with van der Waals surface area (Å²) in [6.07, 6.45) is 0.990. The van der Waals surface area contributed by atoms with Gasteiger partial charge in [-0.05, 0) is 42.8 Å². The number of piperazine rings is 1. The Morgan fingerprint density at radius 2 is 1.90 bits per heavy atom. The molecule has 8 heteroatoms. The summed E-state index contributed by atoms with van der Waals surface area (Å²) in [4.78, 5) is 20.4. The SMILES string of the molecule is O=C(CO)N1C[C@@H]2C[C@H]1CN2CCOc1ccc(Oc2nc3ccccc3s2)cc1. The second-order valence-corrected chi connectivity index (χ2v) is 8.61. The van der Waals surface area contributed by atoms with Gasteiger partial charge in [0.15, 0.2) is 0 Å². The fraction of sp³-hybridized carbons (Fsp3) is 0.364. The predicted molar refractivity (Wildman–Crippen MR) is 114 cm³/mol. The Labute approximate surface area is 178 Å². The number of aromatic nitrogens is 1. The van der Waals surface area contributed by atoms with E-state index >= 15 is 0 Å². The molecule has 7 nitrogen and oxygen atoms in total. The summed E-state index contributed by atoms with van der Waals surface area (Å²) in [5, 5.41) is 9.68. The molecule has 1 aromatic heterocycles. The minimum absolute atomic E-state index is 0.161. The summed E-state index contributed by atoms with van der Waals surface area (Å²) in [6.45, 7) is 2.59. The number of para-hydroxylation sites is 1. The number of likely N-dealkylation sites (tertiary alicyclic amines) is 2. The lowest BCUT2D eigenvalue weighted by molar-refractivity contribution is -0.136. The van der Waals surface area contributed by atoms with Gasteiger partial charge < -0.3 is 19.5 Å². The molecule has 5 rings (SSSR count). The van der Waals surface area contributed by atoms with Crippen LogP contribution in [0.4, 0.5) is 0 Å². The highest BCUT2D eigenvalue weighted by molar-refractivity contribution is 7.20. The Morgan fingerprint density at radius 3 is 2.63 bits per heavy atom. The molecule has 156 valence electrons. The Bertz CT molecular complexity index is 1010. The van der Waals surface area contributed by atoms with E-state index in [1.807, 2.05) is 53.4 Å². The number of rotatable bonds is 7. The number of aliphatic hydroxyl groups excluding tert-OH is 1. The Kier molecular flexibility index (Phi) is 5.28. The molecule has 2 aliphatic rings. The number of aliphatic hydroxyl groups is 1. The zero-order chi connectivity index (χ0) is 20.5. The van der Waals surface area contributed by atoms with Gasteiger partial charge in [-0.2, -0.15) is 0 Å². The molecule has 2 aliphatic heterocycles. The average Bonchev–Trinajstić information content (AvgIpc) is 3.48. The quantitative estimate of drug-likeness (QED) is 0.627. The van der Waals surface area contributed by atoms with Gasteiger partial charge in [0, 0.05) is 31.7 Å². The van der Waals surface area contributed by atoms with E-state index in [1.54, 1.807) is 0 Å². The second-order valence-electron chi connectivity index (χ2n) is 7.61. The van der Waals surface area contributed by atoms with E-state index in [1.165, 1.54) is 11.3 Å². The number of hydrogen-bond donors (Lipinski definition) is 1. The van der Waals surface area contributed by atoms with Crippen LogP contribution in [0.15, 0.2) is 48.5 Å². The topological polar surface area (TPSA) is 75.1 Å². The fourth-order valence-corrected chi connectivity index (χ4v) is 5.13. The van der Waals surface area contributed by atoms with Crippen molar-refractivity contribution < 1.29 is 19.4 Å². The molecule has 2 aromatic carbocycles. The summed E-state index contributed by atoms with van der Waals surface area (Å²) in [5.41, 5.74) is 0.942. The Morgan fingerprint density at radius 1 is 1.10 bits per heavy atom. The maximum Gasteiger partial charge on any atom is 0.279 e. The van der Waals surface area contributed by atoms with Crippen LogP contribution in [0.3, 0.4) is 0 Å². The predicted octanol–water partition coefficient (Wildman–Crippen LogP) is 2.74.